The number of hydrogen-bond acceptors (Lipinski definition) is 2. The molecule has 1 aliphatic rings. The Hall–Kier alpha value is -0.440. The number of anilines is 1. The Kier molecular flexibility index (Phi) is 3.58. The normalized spacial score (nSPS) is 19.8. The predicted octanol–water partition coefficient (Wildman–Crippen LogP) is 3.81. The van der Waals surface area contributed by atoms with Gasteiger partial charge in [0.25, 0.3) is 0 Å². The molecule has 1 fully saturated rings. The van der Waals surface area contributed by atoms with Gasteiger partial charge in [-0.05, 0) is 36.1 Å². The summed E-state index contributed by atoms with van der Waals surface area (Å²) in [7, 11) is 0. The molecule has 0 aromatic heterocycles. The summed E-state index contributed by atoms with van der Waals surface area (Å²) >= 11 is 12.1. The maximum absolute atomic E-state index is 6.03. The van der Waals surface area contributed by atoms with E-state index in [1.165, 1.54) is 6.42 Å². The highest BCUT2D eigenvalue weighted by molar-refractivity contribution is 6.38. The fraction of sp³-hybridized carbons (Fsp3) is 0.538. The second kappa shape index (κ2) is 4.68. The first-order valence-corrected chi connectivity index (χ1v) is 6.59. The Bertz CT molecular complexity index is 406. The summed E-state index contributed by atoms with van der Waals surface area (Å²) in [6.45, 7) is 7.74. The van der Waals surface area contributed by atoms with Gasteiger partial charge in [-0.2, -0.15) is 0 Å². The first-order chi connectivity index (χ1) is 7.87. The molecular weight excluding hydrogens is 255 g/mol. The van der Waals surface area contributed by atoms with E-state index in [1.807, 2.05) is 12.1 Å². The SMILES string of the molecule is CC1(C)CCN(Cc2cc(Cl)c(N)c(Cl)c2)C1. The van der Waals surface area contributed by atoms with Crippen molar-refractivity contribution in [3.63, 3.8) is 0 Å². The van der Waals surface area contributed by atoms with Crippen molar-refractivity contribution in [2.75, 3.05) is 18.8 Å². The summed E-state index contributed by atoms with van der Waals surface area (Å²) in [4.78, 5) is 2.43. The van der Waals surface area contributed by atoms with Gasteiger partial charge in [-0.3, -0.25) is 4.90 Å². The van der Waals surface area contributed by atoms with E-state index in [-0.39, 0.29) is 0 Å². The molecule has 0 amide bonds. The van der Waals surface area contributed by atoms with Gasteiger partial charge in [0.2, 0.25) is 0 Å². The molecule has 0 atom stereocenters. The van der Waals surface area contributed by atoms with E-state index in [0.717, 1.165) is 25.2 Å². The third kappa shape index (κ3) is 3.06. The number of benzene rings is 1. The number of nitrogen functional groups attached to an aromatic ring is 1. The summed E-state index contributed by atoms with van der Waals surface area (Å²) < 4.78 is 0. The van der Waals surface area contributed by atoms with Gasteiger partial charge in [-0.1, -0.05) is 37.0 Å². The minimum Gasteiger partial charge on any atom is -0.396 e. The van der Waals surface area contributed by atoms with E-state index in [9.17, 15) is 0 Å². The third-order valence-corrected chi connectivity index (χ3v) is 3.93. The fourth-order valence-electron chi connectivity index (χ4n) is 2.35. The quantitative estimate of drug-likeness (QED) is 0.830. The maximum Gasteiger partial charge on any atom is 0.0693 e. The minimum atomic E-state index is 0.418. The summed E-state index contributed by atoms with van der Waals surface area (Å²) in [5, 5.41) is 1.09. The van der Waals surface area contributed by atoms with Gasteiger partial charge in [-0.25, -0.2) is 0 Å². The van der Waals surface area contributed by atoms with Gasteiger partial charge in [0.15, 0.2) is 0 Å². The van der Waals surface area contributed by atoms with E-state index in [2.05, 4.69) is 18.7 Å². The Labute approximate surface area is 113 Å². The zero-order valence-electron chi connectivity index (χ0n) is 10.3. The molecule has 0 aliphatic carbocycles. The number of hydrogen-bond donors (Lipinski definition) is 1. The smallest absolute Gasteiger partial charge is 0.0693 e. The van der Waals surface area contributed by atoms with Crippen LogP contribution in [-0.4, -0.2) is 18.0 Å². The van der Waals surface area contributed by atoms with Crippen LogP contribution in [0.5, 0.6) is 0 Å². The van der Waals surface area contributed by atoms with Gasteiger partial charge in [0.05, 0.1) is 15.7 Å². The average Bonchev–Trinajstić information content (AvgIpc) is 2.54. The number of likely N-dealkylation sites (tertiary alicyclic amines) is 1. The lowest BCUT2D eigenvalue weighted by Gasteiger charge is -2.20. The van der Waals surface area contributed by atoms with Crippen molar-refractivity contribution in [2.24, 2.45) is 5.41 Å². The van der Waals surface area contributed by atoms with Gasteiger partial charge in [0, 0.05) is 13.1 Å². The molecule has 0 saturated carbocycles. The molecule has 0 radical (unpaired) electrons. The van der Waals surface area contributed by atoms with Crippen LogP contribution in [0.2, 0.25) is 10.0 Å². The first kappa shape index (κ1) is 13.0. The summed E-state index contributed by atoms with van der Waals surface area (Å²) in [6.07, 6.45) is 1.24. The van der Waals surface area contributed by atoms with Gasteiger partial charge < -0.3 is 5.73 Å². The van der Waals surface area contributed by atoms with Crippen LogP contribution >= 0.6 is 23.2 Å². The van der Waals surface area contributed by atoms with Crippen molar-refractivity contribution < 1.29 is 0 Å². The molecule has 1 saturated heterocycles. The Balaban J connectivity index is 2.10. The summed E-state index contributed by atoms with van der Waals surface area (Å²) in [5.74, 6) is 0. The Morgan fingerprint density at radius 3 is 2.35 bits per heavy atom. The zero-order chi connectivity index (χ0) is 12.6. The minimum absolute atomic E-state index is 0.418. The van der Waals surface area contributed by atoms with Crippen molar-refractivity contribution in [1.29, 1.82) is 0 Å². The van der Waals surface area contributed by atoms with Crippen molar-refractivity contribution >= 4 is 28.9 Å². The van der Waals surface area contributed by atoms with Crippen LogP contribution in [0.25, 0.3) is 0 Å². The zero-order valence-corrected chi connectivity index (χ0v) is 11.8. The van der Waals surface area contributed by atoms with Crippen LogP contribution in [0.3, 0.4) is 0 Å². The predicted molar refractivity (Wildman–Crippen MR) is 74.5 cm³/mol. The van der Waals surface area contributed by atoms with Crippen molar-refractivity contribution in [1.82, 2.24) is 4.90 Å². The molecule has 1 heterocycles. The van der Waals surface area contributed by atoms with Crippen LogP contribution in [0.15, 0.2) is 12.1 Å². The van der Waals surface area contributed by atoms with E-state index >= 15 is 0 Å². The van der Waals surface area contributed by atoms with E-state index in [4.69, 9.17) is 28.9 Å². The highest BCUT2D eigenvalue weighted by Gasteiger charge is 2.28. The summed E-state index contributed by atoms with van der Waals surface area (Å²) in [5.41, 5.74) is 7.75. The van der Waals surface area contributed by atoms with Crippen LogP contribution < -0.4 is 5.73 Å². The fourth-order valence-corrected chi connectivity index (χ4v) is 2.88. The van der Waals surface area contributed by atoms with Gasteiger partial charge >= 0.3 is 0 Å². The van der Waals surface area contributed by atoms with Crippen LogP contribution in [0.1, 0.15) is 25.8 Å². The molecule has 1 aliphatic heterocycles. The molecule has 2 nitrogen and oxygen atoms in total. The second-order valence-electron chi connectivity index (χ2n) is 5.60. The molecular formula is C13H18Cl2N2. The lowest BCUT2D eigenvalue weighted by Crippen LogP contribution is -2.22. The molecule has 0 unspecified atom stereocenters. The van der Waals surface area contributed by atoms with Gasteiger partial charge in [0.1, 0.15) is 0 Å². The summed E-state index contributed by atoms with van der Waals surface area (Å²) in [6, 6.07) is 3.82. The highest BCUT2D eigenvalue weighted by Crippen LogP contribution is 2.32. The molecule has 2 N–H and O–H groups in total. The second-order valence-corrected chi connectivity index (χ2v) is 6.41. The first-order valence-electron chi connectivity index (χ1n) is 5.83. The van der Waals surface area contributed by atoms with Crippen LogP contribution in [0.4, 0.5) is 5.69 Å². The molecule has 1 aromatic carbocycles. The van der Waals surface area contributed by atoms with E-state index < -0.39 is 0 Å². The molecule has 94 valence electrons. The maximum atomic E-state index is 6.03. The van der Waals surface area contributed by atoms with Crippen LogP contribution in [0, 0.1) is 5.41 Å². The molecule has 0 spiro atoms. The van der Waals surface area contributed by atoms with Crippen molar-refractivity contribution in [3.8, 4) is 0 Å². The number of nitrogens with zero attached hydrogens (tertiary/aromatic N) is 1. The number of nitrogens with two attached hydrogens (primary N) is 1. The lowest BCUT2D eigenvalue weighted by molar-refractivity contribution is 0.284. The topological polar surface area (TPSA) is 29.3 Å². The molecule has 2 rings (SSSR count). The molecule has 4 heteroatoms. The third-order valence-electron chi connectivity index (χ3n) is 3.30. The van der Waals surface area contributed by atoms with E-state index in [1.54, 1.807) is 0 Å². The highest BCUT2D eigenvalue weighted by atomic mass is 35.5. The van der Waals surface area contributed by atoms with Crippen molar-refractivity contribution in [2.45, 2.75) is 26.8 Å². The number of halogens is 2. The number of rotatable bonds is 2. The van der Waals surface area contributed by atoms with E-state index in [0.29, 0.717) is 21.1 Å². The molecule has 0 bridgehead atoms. The van der Waals surface area contributed by atoms with Gasteiger partial charge in [-0.15, -0.1) is 0 Å². The van der Waals surface area contributed by atoms with Crippen LogP contribution in [-0.2, 0) is 6.54 Å². The monoisotopic (exact) mass is 272 g/mol. The van der Waals surface area contributed by atoms with Crippen molar-refractivity contribution in [3.05, 3.63) is 27.7 Å². The standard InChI is InChI=1S/C13H18Cl2N2/c1-13(2)3-4-17(8-13)7-9-5-10(14)12(16)11(15)6-9/h5-6H,3-4,7-8,16H2,1-2H3. The Morgan fingerprint density at radius 2 is 1.88 bits per heavy atom. The lowest BCUT2D eigenvalue weighted by atomic mass is 9.93. The average molecular weight is 273 g/mol. The Morgan fingerprint density at radius 1 is 1.29 bits per heavy atom. The largest absolute Gasteiger partial charge is 0.396 e. The molecule has 17 heavy (non-hydrogen) atoms. The molecule has 1 aromatic rings.